The molecular weight excluding hydrogens is 532 g/mol. The van der Waals surface area contributed by atoms with Crippen LogP contribution in [0, 0.1) is 23.7 Å². The van der Waals surface area contributed by atoms with Crippen LogP contribution in [0.15, 0.2) is 36.4 Å². The summed E-state index contributed by atoms with van der Waals surface area (Å²) >= 11 is 0. The Kier molecular flexibility index (Phi) is 7.21. The van der Waals surface area contributed by atoms with Gasteiger partial charge in [-0.1, -0.05) is 12.1 Å². The van der Waals surface area contributed by atoms with Crippen molar-refractivity contribution in [2.75, 3.05) is 24.7 Å². The summed E-state index contributed by atoms with van der Waals surface area (Å²) in [6, 6.07) is 5.25. The lowest BCUT2D eigenvalue weighted by molar-refractivity contribution is -0.139. The first-order valence-corrected chi connectivity index (χ1v) is 11.9. The zero-order valence-corrected chi connectivity index (χ0v) is 20.6. The number of rotatable bonds is 5. The van der Waals surface area contributed by atoms with E-state index in [1.807, 2.05) is 0 Å². The van der Waals surface area contributed by atoms with Crippen LogP contribution in [-0.4, -0.2) is 43.0 Å². The Morgan fingerprint density at radius 3 is 1.85 bits per heavy atom. The van der Waals surface area contributed by atoms with E-state index in [0.717, 1.165) is 23.1 Å². The number of nitrogens with one attached hydrogen (secondary N) is 2. The highest BCUT2D eigenvalue weighted by Gasteiger charge is 2.53. The highest BCUT2D eigenvalue weighted by Crippen LogP contribution is 2.45. The number of nitrogens with zero attached hydrogens (tertiary/aromatic N) is 1. The Bertz CT molecular complexity index is 1340. The van der Waals surface area contributed by atoms with Gasteiger partial charge in [0, 0.05) is 37.3 Å². The van der Waals surface area contributed by atoms with Gasteiger partial charge in [-0.3, -0.25) is 19.3 Å². The van der Waals surface area contributed by atoms with Crippen molar-refractivity contribution in [2.45, 2.75) is 25.2 Å². The van der Waals surface area contributed by atoms with Crippen LogP contribution in [0.25, 0.3) is 11.1 Å². The van der Waals surface area contributed by atoms with Gasteiger partial charge in [-0.15, -0.1) is 0 Å². The molecule has 3 amide bonds. The standard InChI is InChI=1S/C26H23F6N3O4/c1-33-13-3-5-15(20(8-13)25(27,28)29)16-6-4-14(9-21(16)26(30,31)32)34-22(37)17-10-19-18(7-12(17)11-36)23(38)35(2)24(19)39/h3-6,8-9,11-12,17-19,33H,7,10H2,1-2H3,(H,34,37). The van der Waals surface area contributed by atoms with E-state index in [-0.39, 0.29) is 24.2 Å². The fraction of sp³-hybridized carbons (Fsp3) is 0.385. The van der Waals surface area contributed by atoms with E-state index < -0.39 is 76.0 Å². The van der Waals surface area contributed by atoms with Gasteiger partial charge in [0.25, 0.3) is 0 Å². The molecule has 2 aliphatic rings. The van der Waals surface area contributed by atoms with Crippen LogP contribution in [-0.2, 0) is 31.5 Å². The third-order valence-corrected chi connectivity index (χ3v) is 7.34. The van der Waals surface area contributed by atoms with Crippen molar-refractivity contribution in [3.63, 3.8) is 0 Å². The maximum atomic E-state index is 14.0. The van der Waals surface area contributed by atoms with Crippen LogP contribution in [0.4, 0.5) is 37.7 Å². The molecular formula is C26H23F6N3O4. The molecule has 2 N–H and O–H groups in total. The maximum absolute atomic E-state index is 14.0. The smallest absolute Gasteiger partial charge is 0.388 e. The minimum absolute atomic E-state index is 0.0524. The molecule has 7 nitrogen and oxygen atoms in total. The third kappa shape index (κ3) is 5.21. The molecule has 2 fully saturated rings. The number of likely N-dealkylation sites (tertiary alicyclic amines) is 1. The molecule has 4 rings (SSSR count). The van der Waals surface area contributed by atoms with E-state index >= 15 is 0 Å². The summed E-state index contributed by atoms with van der Waals surface area (Å²) in [4.78, 5) is 50.4. The van der Waals surface area contributed by atoms with Crippen LogP contribution in [0.3, 0.4) is 0 Å². The lowest BCUT2D eigenvalue weighted by atomic mass is 9.69. The quantitative estimate of drug-likeness (QED) is 0.313. The van der Waals surface area contributed by atoms with Crippen molar-refractivity contribution in [2.24, 2.45) is 23.7 Å². The highest BCUT2D eigenvalue weighted by atomic mass is 19.4. The molecule has 0 spiro atoms. The first-order valence-electron chi connectivity index (χ1n) is 11.9. The number of fused-ring (bicyclic) bond motifs is 1. The molecule has 1 heterocycles. The van der Waals surface area contributed by atoms with E-state index in [4.69, 9.17) is 0 Å². The predicted molar refractivity (Wildman–Crippen MR) is 127 cm³/mol. The fourth-order valence-corrected chi connectivity index (χ4v) is 5.33. The van der Waals surface area contributed by atoms with E-state index in [9.17, 15) is 45.5 Å². The van der Waals surface area contributed by atoms with Crippen molar-refractivity contribution >= 4 is 35.4 Å². The van der Waals surface area contributed by atoms with Crippen molar-refractivity contribution in [1.82, 2.24) is 4.90 Å². The number of imide groups is 1. The second-order valence-electron chi connectivity index (χ2n) is 9.58. The van der Waals surface area contributed by atoms with Gasteiger partial charge in [-0.25, -0.2) is 0 Å². The van der Waals surface area contributed by atoms with Crippen LogP contribution in [0.1, 0.15) is 24.0 Å². The molecule has 13 heteroatoms. The summed E-state index contributed by atoms with van der Waals surface area (Å²) in [6.45, 7) is 0. The van der Waals surface area contributed by atoms with Crippen LogP contribution in [0.2, 0.25) is 0 Å². The lowest BCUT2D eigenvalue weighted by Crippen LogP contribution is -2.40. The Balaban J connectivity index is 1.68. The third-order valence-electron chi connectivity index (χ3n) is 7.34. The topological polar surface area (TPSA) is 95.6 Å². The number of alkyl halides is 6. The second-order valence-corrected chi connectivity index (χ2v) is 9.58. The van der Waals surface area contributed by atoms with Crippen LogP contribution >= 0.6 is 0 Å². The largest absolute Gasteiger partial charge is 0.417 e. The number of carbonyl (C=O) groups excluding carboxylic acids is 4. The van der Waals surface area contributed by atoms with Gasteiger partial charge in [0.05, 0.1) is 23.0 Å². The van der Waals surface area contributed by atoms with Gasteiger partial charge in [-0.05, 0) is 48.2 Å². The van der Waals surface area contributed by atoms with Crippen molar-refractivity contribution in [1.29, 1.82) is 0 Å². The molecule has 1 saturated heterocycles. The summed E-state index contributed by atoms with van der Waals surface area (Å²) in [7, 11) is 2.67. The number of hydrogen-bond acceptors (Lipinski definition) is 5. The maximum Gasteiger partial charge on any atom is 0.417 e. The zero-order valence-electron chi connectivity index (χ0n) is 20.6. The van der Waals surface area contributed by atoms with E-state index in [2.05, 4.69) is 10.6 Å². The Labute approximate surface area is 218 Å². The SMILES string of the molecule is CNc1ccc(-c2ccc(NC(=O)C3CC4C(=O)N(C)C(=O)C4CC3C=O)cc2C(F)(F)F)c(C(F)(F)F)c1. The van der Waals surface area contributed by atoms with E-state index in [1.165, 1.54) is 20.2 Å². The van der Waals surface area contributed by atoms with E-state index in [1.54, 1.807) is 0 Å². The predicted octanol–water partition coefficient (Wildman–Crippen LogP) is 4.83. The van der Waals surface area contributed by atoms with Crippen molar-refractivity contribution in [3.05, 3.63) is 47.5 Å². The molecule has 1 aliphatic carbocycles. The van der Waals surface area contributed by atoms with Crippen molar-refractivity contribution in [3.8, 4) is 11.1 Å². The van der Waals surface area contributed by atoms with Gasteiger partial charge >= 0.3 is 12.4 Å². The molecule has 39 heavy (non-hydrogen) atoms. The summed E-state index contributed by atoms with van der Waals surface area (Å²) < 4.78 is 83.3. The molecule has 2 aromatic carbocycles. The minimum Gasteiger partial charge on any atom is -0.388 e. The Morgan fingerprint density at radius 2 is 1.36 bits per heavy atom. The average molecular weight is 555 g/mol. The number of hydrogen-bond donors (Lipinski definition) is 2. The average Bonchev–Trinajstić information content (AvgIpc) is 3.09. The number of halogens is 6. The monoisotopic (exact) mass is 555 g/mol. The van der Waals surface area contributed by atoms with Crippen LogP contribution < -0.4 is 10.6 Å². The number of benzene rings is 2. The number of amides is 3. The van der Waals surface area contributed by atoms with E-state index in [0.29, 0.717) is 18.4 Å². The number of carbonyl (C=O) groups is 4. The Morgan fingerprint density at radius 1 is 0.872 bits per heavy atom. The second kappa shape index (κ2) is 10.0. The highest BCUT2D eigenvalue weighted by molar-refractivity contribution is 6.06. The summed E-state index contributed by atoms with van der Waals surface area (Å²) in [5.41, 5.74) is -4.41. The van der Waals surface area contributed by atoms with Gasteiger partial charge in [0.2, 0.25) is 17.7 Å². The van der Waals surface area contributed by atoms with Gasteiger partial charge in [0.15, 0.2) is 0 Å². The molecule has 208 valence electrons. The lowest BCUT2D eigenvalue weighted by Gasteiger charge is -2.32. The molecule has 2 aromatic rings. The Hall–Kier alpha value is -3.90. The first kappa shape index (κ1) is 28.1. The van der Waals surface area contributed by atoms with Crippen LogP contribution in [0.5, 0.6) is 0 Å². The number of anilines is 2. The molecule has 1 saturated carbocycles. The summed E-state index contributed by atoms with van der Waals surface area (Å²) in [5, 5.41) is 4.83. The number of aldehydes is 1. The molecule has 1 aliphatic heterocycles. The zero-order chi connectivity index (χ0) is 28.9. The summed E-state index contributed by atoms with van der Waals surface area (Å²) in [5.74, 6) is -5.42. The molecule has 4 atom stereocenters. The minimum atomic E-state index is -5.08. The van der Waals surface area contributed by atoms with Gasteiger partial charge < -0.3 is 15.4 Å². The fourth-order valence-electron chi connectivity index (χ4n) is 5.33. The molecule has 0 aromatic heterocycles. The first-order chi connectivity index (χ1) is 18.2. The van der Waals surface area contributed by atoms with Crippen molar-refractivity contribution < 1.29 is 45.5 Å². The molecule has 0 radical (unpaired) electrons. The normalized spacial score (nSPS) is 23.4. The molecule has 0 bridgehead atoms. The van der Waals surface area contributed by atoms with Gasteiger partial charge in [0.1, 0.15) is 6.29 Å². The molecule has 4 unspecified atom stereocenters. The summed E-state index contributed by atoms with van der Waals surface area (Å²) in [6.07, 6.45) is -9.75. The van der Waals surface area contributed by atoms with Gasteiger partial charge in [-0.2, -0.15) is 26.3 Å².